The van der Waals surface area contributed by atoms with Gasteiger partial charge in [-0.15, -0.1) is 0 Å². The minimum absolute atomic E-state index is 0.0268. The molecule has 1 aliphatic heterocycles. The van der Waals surface area contributed by atoms with Crippen LogP contribution in [-0.4, -0.2) is 73.0 Å². The monoisotopic (exact) mass is 397 g/mol. The van der Waals surface area contributed by atoms with Gasteiger partial charge in [0.2, 0.25) is 11.9 Å². The quantitative estimate of drug-likeness (QED) is 0.711. The van der Waals surface area contributed by atoms with E-state index >= 15 is 0 Å². The average Bonchev–Trinajstić information content (AvgIpc) is 2.72. The molecule has 3 rings (SSSR count). The largest absolute Gasteiger partial charge is 0.332 e. The first-order chi connectivity index (χ1) is 13.9. The molecule has 2 aromatic rings. The van der Waals surface area contributed by atoms with Gasteiger partial charge < -0.3 is 20.0 Å². The molecule has 0 bridgehead atoms. The van der Waals surface area contributed by atoms with Gasteiger partial charge in [0.05, 0.1) is 32.7 Å². The van der Waals surface area contributed by atoms with Crippen LogP contribution in [0.5, 0.6) is 0 Å². The number of likely N-dealkylation sites (N-methyl/N-ethyl adjacent to an activating group) is 1. The zero-order valence-corrected chi connectivity index (χ0v) is 17.3. The van der Waals surface area contributed by atoms with Crippen LogP contribution in [0.3, 0.4) is 0 Å². The normalized spacial score (nSPS) is 14.5. The second kappa shape index (κ2) is 9.47. The molecule has 154 valence electrons. The highest BCUT2D eigenvalue weighted by atomic mass is 16.2. The molecule has 29 heavy (non-hydrogen) atoms. The lowest BCUT2D eigenvalue weighted by Gasteiger charge is -2.32. The molecule has 1 aromatic carbocycles. The maximum Gasteiger partial charge on any atom is 0.277 e. The van der Waals surface area contributed by atoms with E-state index in [0.717, 1.165) is 48.9 Å². The van der Waals surface area contributed by atoms with Gasteiger partial charge in [0.15, 0.2) is 6.54 Å². The van der Waals surface area contributed by atoms with Crippen molar-refractivity contribution in [3.05, 3.63) is 47.8 Å². The van der Waals surface area contributed by atoms with Crippen molar-refractivity contribution in [3.63, 3.8) is 0 Å². The Morgan fingerprint density at radius 3 is 2.34 bits per heavy atom. The van der Waals surface area contributed by atoms with Gasteiger partial charge in [0.1, 0.15) is 0 Å². The summed E-state index contributed by atoms with van der Waals surface area (Å²) in [6.45, 7) is 7.65. The van der Waals surface area contributed by atoms with Crippen LogP contribution in [-0.2, 0) is 9.59 Å². The van der Waals surface area contributed by atoms with Crippen LogP contribution >= 0.6 is 0 Å². The molecular formula is C21H29N6O2+. The van der Waals surface area contributed by atoms with E-state index in [2.05, 4.69) is 20.2 Å². The number of quaternary nitrogens is 1. The summed E-state index contributed by atoms with van der Waals surface area (Å²) in [5.74, 6) is 0.526. The van der Waals surface area contributed by atoms with Crippen molar-refractivity contribution < 1.29 is 14.5 Å². The Labute approximate surface area is 171 Å². The average molecular weight is 398 g/mol. The zero-order chi connectivity index (χ0) is 20.8. The molecule has 0 saturated carbocycles. The van der Waals surface area contributed by atoms with Crippen LogP contribution in [0, 0.1) is 13.8 Å². The van der Waals surface area contributed by atoms with Crippen molar-refractivity contribution in [3.8, 4) is 0 Å². The number of nitrogens with zero attached hydrogens (tertiary/aromatic N) is 4. The van der Waals surface area contributed by atoms with Crippen molar-refractivity contribution in [2.45, 2.75) is 13.8 Å². The lowest BCUT2D eigenvalue weighted by molar-refractivity contribution is -0.892. The Hall–Kier alpha value is -3.00. The summed E-state index contributed by atoms with van der Waals surface area (Å²) in [6.07, 6.45) is 3.48. The van der Waals surface area contributed by atoms with Crippen LogP contribution in [0.2, 0.25) is 0 Å². The highest BCUT2D eigenvalue weighted by Gasteiger charge is 2.25. The molecule has 1 fully saturated rings. The summed E-state index contributed by atoms with van der Waals surface area (Å²) in [5.41, 5.74) is 2.84. The molecule has 8 nitrogen and oxygen atoms in total. The predicted molar refractivity (Wildman–Crippen MR) is 112 cm³/mol. The van der Waals surface area contributed by atoms with E-state index in [1.54, 1.807) is 25.5 Å². The van der Waals surface area contributed by atoms with E-state index in [4.69, 9.17) is 0 Å². The lowest BCUT2D eigenvalue weighted by Crippen LogP contribution is -3.15. The summed E-state index contributed by atoms with van der Waals surface area (Å²) in [6, 6.07) is 7.68. The van der Waals surface area contributed by atoms with Gasteiger partial charge in [-0.05, 0) is 31.0 Å². The van der Waals surface area contributed by atoms with Gasteiger partial charge in [-0.3, -0.25) is 9.59 Å². The van der Waals surface area contributed by atoms with Gasteiger partial charge in [-0.1, -0.05) is 18.2 Å². The van der Waals surface area contributed by atoms with Crippen molar-refractivity contribution in [1.29, 1.82) is 0 Å². The summed E-state index contributed by atoms with van der Waals surface area (Å²) in [5, 5.41) is 2.93. The fraction of sp³-hybridized carbons (Fsp3) is 0.429. The Kier molecular flexibility index (Phi) is 6.77. The first kappa shape index (κ1) is 20.7. The Morgan fingerprint density at radius 1 is 1.10 bits per heavy atom. The van der Waals surface area contributed by atoms with Gasteiger partial charge in [-0.25, -0.2) is 9.97 Å². The molecule has 2 N–H and O–H groups in total. The molecular weight excluding hydrogens is 368 g/mol. The number of amides is 2. The number of hydrogen-bond donors (Lipinski definition) is 2. The number of rotatable bonds is 6. The van der Waals surface area contributed by atoms with Crippen molar-refractivity contribution in [2.75, 3.05) is 56.5 Å². The number of anilines is 2. The molecule has 0 unspecified atom stereocenters. The van der Waals surface area contributed by atoms with E-state index in [1.807, 2.05) is 32.0 Å². The van der Waals surface area contributed by atoms with Gasteiger partial charge in [0, 0.05) is 25.1 Å². The second-order valence-corrected chi connectivity index (χ2v) is 7.53. The number of aryl methyl sites for hydroxylation is 2. The molecule has 0 radical (unpaired) electrons. The van der Waals surface area contributed by atoms with Crippen LogP contribution in [0.4, 0.5) is 11.6 Å². The number of para-hydroxylation sites is 1. The van der Waals surface area contributed by atoms with Gasteiger partial charge in [0.25, 0.3) is 5.91 Å². The van der Waals surface area contributed by atoms with Crippen molar-refractivity contribution in [1.82, 2.24) is 14.9 Å². The van der Waals surface area contributed by atoms with Crippen LogP contribution < -0.4 is 15.1 Å². The number of aromatic nitrogens is 2. The summed E-state index contributed by atoms with van der Waals surface area (Å²) in [7, 11) is 1.68. The number of nitrogens with one attached hydrogen (secondary N) is 2. The number of carbonyl (C=O) groups excluding carboxylic acids is 2. The van der Waals surface area contributed by atoms with Gasteiger partial charge >= 0.3 is 0 Å². The van der Waals surface area contributed by atoms with Crippen LogP contribution in [0.15, 0.2) is 36.7 Å². The molecule has 1 saturated heterocycles. The van der Waals surface area contributed by atoms with E-state index in [9.17, 15) is 9.59 Å². The molecule has 0 spiro atoms. The third kappa shape index (κ3) is 5.51. The third-order valence-corrected chi connectivity index (χ3v) is 5.26. The maximum absolute atomic E-state index is 12.6. The molecule has 0 aliphatic carbocycles. The Balaban J connectivity index is 1.45. The third-order valence-electron chi connectivity index (χ3n) is 5.26. The Morgan fingerprint density at radius 2 is 1.72 bits per heavy atom. The second-order valence-electron chi connectivity index (χ2n) is 7.53. The molecule has 8 heteroatoms. The molecule has 2 amide bonds. The van der Waals surface area contributed by atoms with E-state index in [1.165, 1.54) is 9.80 Å². The Bertz CT molecular complexity index is 829. The number of piperazine rings is 1. The van der Waals surface area contributed by atoms with Crippen LogP contribution in [0.1, 0.15) is 11.1 Å². The fourth-order valence-electron chi connectivity index (χ4n) is 3.50. The highest BCUT2D eigenvalue weighted by molar-refractivity contribution is 5.95. The SMILES string of the molecule is Cc1cccc(C)c1NC(=O)CN(C)C(=O)C[NH+]1CCN(c2ncccn2)CC1. The first-order valence-corrected chi connectivity index (χ1v) is 9.89. The minimum Gasteiger partial charge on any atom is -0.332 e. The van der Waals surface area contributed by atoms with Crippen molar-refractivity contribution in [2.24, 2.45) is 0 Å². The summed E-state index contributed by atoms with van der Waals surface area (Å²) >= 11 is 0. The van der Waals surface area contributed by atoms with Gasteiger partial charge in [-0.2, -0.15) is 0 Å². The van der Waals surface area contributed by atoms with E-state index < -0.39 is 0 Å². The lowest BCUT2D eigenvalue weighted by atomic mass is 10.1. The first-order valence-electron chi connectivity index (χ1n) is 9.89. The molecule has 1 aromatic heterocycles. The van der Waals surface area contributed by atoms with E-state index in [-0.39, 0.29) is 18.4 Å². The molecule has 1 aliphatic rings. The molecule has 0 atom stereocenters. The maximum atomic E-state index is 12.6. The topological polar surface area (TPSA) is 82.9 Å². The van der Waals surface area contributed by atoms with Crippen molar-refractivity contribution >= 4 is 23.5 Å². The molecule has 2 heterocycles. The minimum atomic E-state index is -0.181. The number of carbonyl (C=O) groups is 2. The smallest absolute Gasteiger partial charge is 0.277 e. The van der Waals surface area contributed by atoms with Crippen LogP contribution in [0.25, 0.3) is 0 Å². The number of hydrogen-bond acceptors (Lipinski definition) is 5. The number of benzene rings is 1. The predicted octanol–water partition coefficient (Wildman–Crippen LogP) is -0.105. The standard InChI is InChI=1S/C21H28N6O2/c1-16-6-4-7-17(2)20(16)24-18(28)14-25(3)19(29)15-26-10-12-27(13-11-26)21-22-8-5-9-23-21/h4-9H,10-15H2,1-3H3,(H,24,28)/p+1. The fourth-order valence-corrected chi connectivity index (χ4v) is 3.50. The van der Waals surface area contributed by atoms with E-state index in [0.29, 0.717) is 6.54 Å². The summed E-state index contributed by atoms with van der Waals surface area (Å²) in [4.78, 5) is 38.4. The zero-order valence-electron chi connectivity index (χ0n) is 17.3. The summed E-state index contributed by atoms with van der Waals surface area (Å²) < 4.78 is 0. The highest BCUT2D eigenvalue weighted by Crippen LogP contribution is 2.19.